The van der Waals surface area contributed by atoms with Crippen LogP contribution in [0, 0.1) is 0 Å². The van der Waals surface area contributed by atoms with Gasteiger partial charge in [-0.1, -0.05) is 30.3 Å². The van der Waals surface area contributed by atoms with Crippen LogP contribution in [0.4, 0.5) is 0 Å². The van der Waals surface area contributed by atoms with E-state index in [1.807, 2.05) is 38.3 Å². The van der Waals surface area contributed by atoms with Crippen molar-refractivity contribution in [1.82, 2.24) is 10.6 Å². The molecule has 3 N–H and O–H groups in total. The Kier molecular flexibility index (Phi) is 9.38. The van der Waals surface area contributed by atoms with Crippen LogP contribution in [0.5, 0.6) is 0 Å². The summed E-state index contributed by atoms with van der Waals surface area (Å²) in [4.78, 5) is 0. The number of hydrogen-bond acceptors (Lipinski definition) is 4. The van der Waals surface area contributed by atoms with E-state index in [2.05, 4.69) is 17.2 Å². The largest absolute Gasteiger partial charge is 0.489 e. The minimum absolute atomic E-state index is 0.0780. The zero-order valence-electron chi connectivity index (χ0n) is 13.9. The summed E-state index contributed by atoms with van der Waals surface area (Å²) < 4.78 is 5.57. The molecule has 0 heterocycles. The predicted octanol–water partition coefficient (Wildman–Crippen LogP) is 3.68. The van der Waals surface area contributed by atoms with Crippen molar-refractivity contribution in [2.75, 3.05) is 13.7 Å². The maximum atomic E-state index is 10.0. The standard InChI is InChI=1S/C18H24Cl2N2O2/c1-4-15(7-5-13(2)9-10-21-3)24-12-18(23)22-17-8-6-14(19)11-16(17)20/h4-10,14,18,21-23H,2,11-12H2,1,3H3/b7-5-,10-9-,15-4+/t14-,18?/m0/s1. The van der Waals surface area contributed by atoms with Gasteiger partial charge in [-0.2, -0.15) is 0 Å². The molecule has 6 heteroatoms. The second-order valence-electron chi connectivity index (χ2n) is 5.09. The van der Waals surface area contributed by atoms with Crippen molar-refractivity contribution < 1.29 is 9.84 Å². The van der Waals surface area contributed by atoms with Crippen LogP contribution in [-0.2, 0) is 4.74 Å². The molecule has 0 bridgehead atoms. The van der Waals surface area contributed by atoms with Crippen LogP contribution in [0.25, 0.3) is 0 Å². The molecule has 0 saturated carbocycles. The molecule has 132 valence electrons. The Morgan fingerprint density at radius 3 is 2.88 bits per heavy atom. The maximum Gasteiger partial charge on any atom is 0.159 e. The number of ether oxygens (including phenoxy) is 1. The third kappa shape index (κ3) is 7.77. The number of hydrogen-bond donors (Lipinski definition) is 3. The van der Waals surface area contributed by atoms with Crippen LogP contribution in [0.1, 0.15) is 13.3 Å². The highest BCUT2D eigenvalue weighted by atomic mass is 35.5. The molecule has 0 fully saturated rings. The number of aliphatic hydroxyl groups is 1. The van der Waals surface area contributed by atoms with Gasteiger partial charge in [-0.3, -0.25) is 0 Å². The fourth-order valence-electron chi connectivity index (χ4n) is 1.83. The van der Waals surface area contributed by atoms with Crippen LogP contribution in [-0.4, -0.2) is 30.4 Å². The average molecular weight is 371 g/mol. The topological polar surface area (TPSA) is 53.5 Å². The van der Waals surface area contributed by atoms with Gasteiger partial charge in [0.15, 0.2) is 6.23 Å². The van der Waals surface area contributed by atoms with E-state index in [0.29, 0.717) is 22.9 Å². The van der Waals surface area contributed by atoms with Gasteiger partial charge in [0.25, 0.3) is 0 Å². The molecule has 1 aliphatic carbocycles. The minimum atomic E-state index is -0.888. The highest BCUT2D eigenvalue weighted by Crippen LogP contribution is 2.24. The van der Waals surface area contributed by atoms with Crippen molar-refractivity contribution in [3.8, 4) is 0 Å². The molecule has 0 saturated heterocycles. The maximum absolute atomic E-state index is 10.0. The zero-order valence-corrected chi connectivity index (χ0v) is 15.4. The van der Waals surface area contributed by atoms with Crippen molar-refractivity contribution in [2.24, 2.45) is 0 Å². The normalized spacial score (nSPS) is 19.9. The first-order chi connectivity index (χ1) is 11.5. The highest BCUT2D eigenvalue weighted by molar-refractivity contribution is 6.31. The van der Waals surface area contributed by atoms with E-state index in [0.717, 1.165) is 5.57 Å². The first kappa shape index (κ1) is 20.4. The molecule has 0 aromatic heterocycles. The van der Waals surface area contributed by atoms with Gasteiger partial charge in [0.2, 0.25) is 0 Å². The second-order valence-corrected chi connectivity index (χ2v) is 6.11. The van der Waals surface area contributed by atoms with Crippen molar-refractivity contribution in [3.05, 3.63) is 71.3 Å². The molecule has 24 heavy (non-hydrogen) atoms. The summed E-state index contributed by atoms with van der Waals surface area (Å²) >= 11 is 12.1. The fourth-order valence-corrected chi connectivity index (χ4v) is 2.42. The van der Waals surface area contributed by atoms with Gasteiger partial charge in [-0.25, -0.2) is 0 Å². The summed E-state index contributed by atoms with van der Waals surface area (Å²) in [6, 6.07) is 0. The molecule has 2 atom stereocenters. The van der Waals surface area contributed by atoms with Crippen molar-refractivity contribution in [2.45, 2.75) is 24.9 Å². The molecule has 1 unspecified atom stereocenters. The SMILES string of the molecule is C=C(/C=C\NC)/C=C\C(=C/C)OCC(O)NC1=C(Cl)C[C@@H](Cl)C=C1. The summed E-state index contributed by atoms with van der Waals surface area (Å²) in [6.45, 7) is 5.82. The second kappa shape index (κ2) is 11.0. The van der Waals surface area contributed by atoms with E-state index in [1.54, 1.807) is 18.4 Å². The number of rotatable bonds is 9. The van der Waals surface area contributed by atoms with Crippen LogP contribution >= 0.6 is 23.2 Å². The van der Waals surface area contributed by atoms with Gasteiger partial charge >= 0.3 is 0 Å². The summed E-state index contributed by atoms with van der Waals surface area (Å²) in [5.74, 6) is 0.634. The van der Waals surface area contributed by atoms with E-state index in [9.17, 15) is 5.11 Å². The number of halogens is 2. The quantitative estimate of drug-likeness (QED) is 0.251. The minimum Gasteiger partial charge on any atom is -0.489 e. The molecule has 0 radical (unpaired) electrons. The van der Waals surface area contributed by atoms with Gasteiger partial charge in [0.05, 0.1) is 11.1 Å². The zero-order chi connectivity index (χ0) is 17.9. The summed E-state index contributed by atoms with van der Waals surface area (Å²) in [6.07, 6.45) is 12.3. The van der Waals surface area contributed by atoms with Crippen molar-refractivity contribution in [1.29, 1.82) is 0 Å². The van der Waals surface area contributed by atoms with Crippen LogP contribution in [0.3, 0.4) is 0 Å². The van der Waals surface area contributed by atoms with Crippen molar-refractivity contribution >= 4 is 23.2 Å². The van der Waals surface area contributed by atoms with E-state index >= 15 is 0 Å². The number of nitrogens with one attached hydrogen (secondary N) is 2. The van der Waals surface area contributed by atoms with Gasteiger partial charge in [0, 0.05) is 18.5 Å². The molecule has 4 nitrogen and oxygen atoms in total. The highest BCUT2D eigenvalue weighted by Gasteiger charge is 2.15. The fraction of sp³-hybridized carbons (Fsp3) is 0.333. The molecule has 0 aromatic rings. The monoisotopic (exact) mass is 370 g/mol. The van der Waals surface area contributed by atoms with Crippen LogP contribution in [0.15, 0.2) is 71.3 Å². The number of allylic oxidation sites excluding steroid dienone is 8. The number of alkyl halides is 1. The Hall–Kier alpha value is -1.62. The van der Waals surface area contributed by atoms with Gasteiger partial charge in [-0.05, 0) is 43.0 Å². The number of aliphatic hydroxyl groups excluding tert-OH is 1. The van der Waals surface area contributed by atoms with Crippen LogP contribution in [0.2, 0.25) is 0 Å². The third-order valence-corrected chi connectivity index (χ3v) is 3.74. The predicted molar refractivity (Wildman–Crippen MR) is 102 cm³/mol. The first-order valence-corrected chi connectivity index (χ1v) is 8.43. The molecular formula is C18H24Cl2N2O2. The van der Waals surface area contributed by atoms with Gasteiger partial charge in [-0.15, -0.1) is 11.6 Å². The molecule has 1 aliphatic rings. The summed E-state index contributed by atoms with van der Waals surface area (Å²) in [7, 11) is 1.82. The van der Waals surface area contributed by atoms with E-state index in [4.69, 9.17) is 27.9 Å². The average Bonchev–Trinajstić information content (AvgIpc) is 2.55. The Bertz CT molecular complexity index is 578. The van der Waals surface area contributed by atoms with E-state index in [1.165, 1.54) is 0 Å². The summed E-state index contributed by atoms with van der Waals surface area (Å²) in [5.41, 5.74) is 1.48. The molecule has 0 aliphatic heterocycles. The lowest BCUT2D eigenvalue weighted by atomic mass is 10.1. The van der Waals surface area contributed by atoms with Crippen LogP contribution < -0.4 is 10.6 Å². The van der Waals surface area contributed by atoms with E-state index < -0.39 is 6.23 Å². The smallest absolute Gasteiger partial charge is 0.159 e. The molecule has 0 spiro atoms. The van der Waals surface area contributed by atoms with Crippen molar-refractivity contribution in [3.63, 3.8) is 0 Å². The Labute approximate surface area is 153 Å². The molecule has 0 amide bonds. The molecule has 0 aromatic carbocycles. The van der Waals surface area contributed by atoms with Gasteiger partial charge < -0.3 is 20.5 Å². The molecule has 1 rings (SSSR count). The Morgan fingerprint density at radius 2 is 2.25 bits per heavy atom. The Morgan fingerprint density at radius 1 is 1.50 bits per heavy atom. The Balaban J connectivity index is 2.47. The summed E-state index contributed by atoms with van der Waals surface area (Å²) in [5, 5.41) is 16.3. The lowest BCUT2D eigenvalue weighted by molar-refractivity contribution is 0.0596. The molecular weight excluding hydrogens is 347 g/mol. The van der Waals surface area contributed by atoms with Gasteiger partial charge in [0.1, 0.15) is 12.4 Å². The first-order valence-electron chi connectivity index (χ1n) is 7.61. The van der Waals surface area contributed by atoms with E-state index in [-0.39, 0.29) is 12.0 Å². The lowest BCUT2D eigenvalue weighted by Gasteiger charge is -2.20. The lowest BCUT2D eigenvalue weighted by Crippen LogP contribution is -2.33. The third-order valence-electron chi connectivity index (χ3n) is 3.08.